The maximum Gasteiger partial charge on any atom is 0.0541 e. The first-order chi connectivity index (χ1) is 30.2. The van der Waals surface area contributed by atoms with Gasteiger partial charge in [-0.2, -0.15) is 0 Å². The first-order valence-corrected chi connectivity index (χ1v) is 21.6. The molecule has 0 unspecified atom stereocenters. The molecule has 0 saturated heterocycles. The Bertz CT molecular complexity index is 3500. The van der Waals surface area contributed by atoms with E-state index in [0.29, 0.717) is 0 Å². The molecule has 0 spiro atoms. The summed E-state index contributed by atoms with van der Waals surface area (Å²) in [6.07, 6.45) is 0. The van der Waals surface area contributed by atoms with E-state index < -0.39 is 0 Å². The molecule has 0 aliphatic carbocycles. The number of fused-ring (bicyclic) bond motifs is 7. The Hall–Kier alpha value is -7.72. The van der Waals surface area contributed by atoms with E-state index in [1.54, 1.807) is 0 Å². The van der Waals surface area contributed by atoms with Gasteiger partial charge in [-0.25, -0.2) is 0 Å². The molecule has 0 saturated carbocycles. The molecule has 0 N–H and O–H groups in total. The molecule has 0 amide bonds. The van der Waals surface area contributed by atoms with Gasteiger partial charge < -0.3 is 9.47 Å². The Kier molecular flexibility index (Phi) is 8.39. The van der Waals surface area contributed by atoms with Gasteiger partial charge in [-0.05, 0) is 117 Å². The number of nitrogens with zero attached hydrogens (tertiary/aromatic N) is 2. The van der Waals surface area contributed by atoms with Crippen LogP contribution < -0.4 is 4.90 Å². The van der Waals surface area contributed by atoms with Crippen LogP contribution in [0.4, 0.5) is 17.1 Å². The molecule has 0 bridgehead atoms. The molecule has 2 aromatic heterocycles. The zero-order chi connectivity index (χ0) is 40.3. The van der Waals surface area contributed by atoms with Gasteiger partial charge in [0, 0.05) is 53.7 Å². The van der Waals surface area contributed by atoms with Gasteiger partial charge in [0.25, 0.3) is 0 Å². The number of thiophene rings is 1. The molecule has 12 aromatic rings. The predicted octanol–water partition coefficient (Wildman–Crippen LogP) is 16.8. The summed E-state index contributed by atoms with van der Waals surface area (Å²) in [6.45, 7) is 0. The van der Waals surface area contributed by atoms with Crippen LogP contribution in [0, 0.1) is 0 Å². The molecule has 286 valence electrons. The first-order valence-electron chi connectivity index (χ1n) is 20.8. The summed E-state index contributed by atoms with van der Waals surface area (Å²) in [4.78, 5) is 2.36. The number of anilines is 3. The molecule has 0 aliphatic heterocycles. The minimum absolute atomic E-state index is 1.10. The fraction of sp³-hybridized carbons (Fsp3) is 0. The van der Waals surface area contributed by atoms with Crippen LogP contribution in [-0.4, -0.2) is 4.57 Å². The maximum atomic E-state index is 2.37. The van der Waals surface area contributed by atoms with E-state index in [4.69, 9.17) is 0 Å². The van der Waals surface area contributed by atoms with Crippen LogP contribution >= 0.6 is 11.3 Å². The molecular weight excluding hydrogens is 757 g/mol. The van der Waals surface area contributed by atoms with Crippen molar-refractivity contribution in [3.8, 4) is 39.1 Å². The van der Waals surface area contributed by atoms with E-state index in [9.17, 15) is 0 Å². The Morgan fingerprint density at radius 2 is 0.803 bits per heavy atom. The second-order valence-electron chi connectivity index (χ2n) is 15.7. The van der Waals surface area contributed by atoms with Gasteiger partial charge in [0.05, 0.1) is 11.0 Å². The number of hydrogen-bond donors (Lipinski definition) is 0. The van der Waals surface area contributed by atoms with Crippen molar-refractivity contribution < 1.29 is 0 Å². The fourth-order valence-electron chi connectivity index (χ4n) is 9.19. The number of rotatable bonds is 7. The van der Waals surface area contributed by atoms with Gasteiger partial charge in [-0.3, -0.25) is 0 Å². The third-order valence-electron chi connectivity index (χ3n) is 12.2. The van der Waals surface area contributed by atoms with Gasteiger partial charge in [0.1, 0.15) is 0 Å². The lowest BCUT2D eigenvalue weighted by Crippen LogP contribution is -2.09. The standard InChI is InChI=1S/C58H38N2S/c1-2-11-44-38-45(21-20-39(44)10-1)42-26-32-47(33-27-42)59(48-36-28-43(29-37-48)50-15-9-16-54-53-14-5-8-19-57(53)61-58(50)54)46-30-22-40(23-31-46)41-24-34-49(35-25-41)60-55-17-6-3-12-51(55)52-13-4-7-18-56(52)60/h1-38H. The van der Waals surface area contributed by atoms with Gasteiger partial charge in [-0.1, -0.05) is 158 Å². The summed E-state index contributed by atoms with van der Waals surface area (Å²) in [7, 11) is 0. The fourth-order valence-corrected chi connectivity index (χ4v) is 10.4. The highest BCUT2D eigenvalue weighted by Crippen LogP contribution is 2.42. The van der Waals surface area contributed by atoms with Crippen LogP contribution in [0.15, 0.2) is 231 Å². The number of para-hydroxylation sites is 2. The third kappa shape index (κ3) is 6.09. The lowest BCUT2D eigenvalue weighted by Gasteiger charge is -2.26. The Morgan fingerprint density at radius 3 is 1.44 bits per heavy atom. The van der Waals surface area contributed by atoms with Gasteiger partial charge in [0.2, 0.25) is 0 Å². The Balaban J connectivity index is 0.903. The van der Waals surface area contributed by atoms with Crippen molar-refractivity contribution in [2.75, 3.05) is 4.90 Å². The van der Waals surface area contributed by atoms with Crippen LogP contribution in [0.2, 0.25) is 0 Å². The molecule has 2 nitrogen and oxygen atoms in total. The molecule has 61 heavy (non-hydrogen) atoms. The molecule has 0 atom stereocenters. The van der Waals surface area contributed by atoms with Crippen molar-refractivity contribution in [3.63, 3.8) is 0 Å². The third-order valence-corrected chi connectivity index (χ3v) is 13.4. The highest BCUT2D eigenvalue weighted by atomic mass is 32.1. The van der Waals surface area contributed by atoms with E-state index in [0.717, 1.165) is 22.7 Å². The van der Waals surface area contributed by atoms with Crippen molar-refractivity contribution in [2.24, 2.45) is 0 Å². The van der Waals surface area contributed by atoms with Crippen molar-refractivity contribution >= 4 is 81.1 Å². The molecule has 12 rings (SSSR count). The molecular formula is C58H38N2S. The van der Waals surface area contributed by atoms with Gasteiger partial charge in [-0.15, -0.1) is 11.3 Å². The van der Waals surface area contributed by atoms with Crippen molar-refractivity contribution in [3.05, 3.63) is 231 Å². The minimum Gasteiger partial charge on any atom is -0.311 e. The zero-order valence-corrected chi connectivity index (χ0v) is 34.1. The van der Waals surface area contributed by atoms with Crippen molar-refractivity contribution in [1.82, 2.24) is 4.57 Å². The van der Waals surface area contributed by atoms with E-state index in [2.05, 4.69) is 240 Å². The maximum absolute atomic E-state index is 2.37. The molecule has 0 fully saturated rings. The number of hydrogen-bond acceptors (Lipinski definition) is 2. The summed E-state index contributed by atoms with van der Waals surface area (Å²) < 4.78 is 5.02. The van der Waals surface area contributed by atoms with Gasteiger partial charge >= 0.3 is 0 Å². The quantitative estimate of drug-likeness (QED) is 0.156. The second-order valence-corrected chi connectivity index (χ2v) is 16.8. The number of aromatic nitrogens is 1. The normalized spacial score (nSPS) is 11.6. The summed E-state index contributed by atoms with van der Waals surface area (Å²) in [6, 6.07) is 84.1. The molecule has 2 heterocycles. The summed E-state index contributed by atoms with van der Waals surface area (Å²) in [5.74, 6) is 0. The van der Waals surface area contributed by atoms with Crippen molar-refractivity contribution in [2.45, 2.75) is 0 Å². The summed E-state index contributed by atoms with van der Waals surface area (Å²) >= 11 is 1.88. The van der Waals surface area contributed by atoms with E-state index in [-0.39, 0.29) is 0 Å². The lowest BCUT2D eigenvalue weighted by atomic mass is 10.00. The van der Waals surface area contributed by atoms with Crippen molar-refractivity contribution in [1.29, 1.82) is 0 Å². The molecule has 0 radical (unpaired) electrons. The van der Waals surface area contributed by atoms with Crippen LogP contribution in [0.1, 0.15) is 0 Å². The highest BCUT2D eigenvalue weighted by Gasteiger charge is 2.16. The average Bonchev–Trinajstić information content (AvgIpc) is 3.89. The molecule has 3 heteroatoms. The smallest absolute Gasteiger partial charge is 0.0541 e. The average molecular weight is 795 g/mol. The van der Waals surface area contributed by atoms with E-state index in [1.165, 1.54) is 86.1 Å². The number of benzene rings is 10. The van der Waals surface area contributed by atoms with Crippen LogP contribution in [0.5, 0.6) is 0 Å². The van der Waals surface area contributed by atoms with E-state index >= 15 is 0 Å². The zero-order valence-electron chi connectivity index (χ0n) is 33.2. The van der Waals surface area contributed by atoms with Gasteiger partial charge in [0.15, 0.2) is 0 Å². The van der Waals surface area contributed by atoms with Crippen LogP contribution in [0.25, 0.3) is 91.8 Å². The van der Waals surface area contributed by atoms with E-state index in [1.807, 2.05) is 11.3 Å². The van der Waals surface area contributed by atoms with Crippen LogP contribution in [0.3, 0.4) is 0 Å². The topological polar surface area (TPSA) is 8.17 Å². The summed E-state index contributed by atoms with van der Waals surface area (Å²) in [5.41, 5.74) is 14.2. The first kappa shape index (κ1) is 35.2. The Morgan fingerprint density at radius 1 is 0.328 bits per heavy atom. The van der Waals surface area contributed by atoms with Crippen LogP contribution in [-0.2, 0) is 0 Å². The predicted molar refractivity (Wildman–Crippen MR) is 262 cm³/mol. The second kappa shape index (κ2) is 14.5. The largest absolute Gasteiger partial charge is 0.311 e. The lowest BCUT2D eigenvalue weighted by molar-refractivity contribution is 1.18. The molecule has 0 aliphatic rings. The minimum atomic E-state index is 1.10. The monoisotopic (exact) mass is 794 g/mol. The molecule has 10 aromatic carbocycles. The highest BCUT2D eigenvalue weighted by molar-refractivity contribution is 7.26. The SMILES string of the molecule is c1ccc2cc(-c3ccc(N(c4ccc(-c5ccc(-n6c7ccccc7c7ccccc76)cc5)cc4)c4ccc(-c5cccc6c5sc5ccccc56)cc4)cc3)ccc2c1. The summed E-state index contributed by atoms with van der Waals surface area (Å²) in [5, 5.41) is 7.68. The Labute approximate surface area is 358 Å².